The summed E-state index contributed by atoms with van der Waals surface area (Å²) in [7, 11) is 2.71. The number of carbonyl (C=O) groups is 5. The first-order valence-corrected chi connectivity index (χ1v) is 16.8. The number of methoxy groups -OCH3 is 2. The summed E-state index contributed by atoms with van der Waals surface area (Å²) in [5, 5.41) is 8.57. The molecule has 1 unspecified atom stereocenters. The summed E-state index contributed by atoms with van der Waals surface area (Å²) in [6, 6.07) is 13.6. The second kappa shape index (κ2) is 18.4. The van der Waals surface area contributed by atoms with E-state index in [0.717, 1.165) is 16.9 Å². The number of aryl methyl sites for hydroxylation is 1. The summed E-state index contributed by atoms with van der Waals surface area (Å²) in [5.41, 5.74) is -0.968. The van der Waals surface area contributed by atoms with Crippen LogP contribution in [0.1, 0.15) is 27.2 Å². The van der Waals surface area contributed by atoms with Gasteiger partial charge in [-0.1, -0.05) is 71.1 Å². The van der Waals surface area contributed by atoms with Crippen LogP contribution in [-0.2, 0) is 35.0 Å². The molecule has 3 amide bonds. The van der Waals surface area contributed by atoms with E-state index in [4.69, 9.17) is 18.9 Å². The van der Waals surface area contributed by atoms with Gasteiger partial charge in [0.05, 0.1) is 30.5 Å². The number of nitrogens with zero attached hydrogens (tertiary/aromatic N) is 1. The quantitative estimate of drug-likeness (QED) is 0.0801. The van der Waals surface area contributed by atoms with E-state index >= 15 is 0 Å². The van der Waals surface area contributed by atoms with Crippen molar-refractivity contribution in [3.05, 3.63) is 82.3 Å². The van der Waals surface area contributed by atoms with Crippen molar-refractivity contribution >= 4 is 63.6 Å². The molecule has 0 fully saturated rings. The highest BCUT2D eigenvalue weighted by Crippen LogP contribution is 2.22. The van der Waals surface area contributed by atoms with Gasteiger partial charge in [0.2, 0.25) is 11.8 Å². The van der Waals surface area contributed by atoms with Crippen molar-refractivity contribution < 1.29 is 42.9 Å². The van der Waals surface area contributed by atoms with Crippen LogP contribution in [0.5, 0.6) is 5.75 Å². The number of benzene rings is 2. The van der Waals surface area contributed by atoms with E-state index < -0.39 is 53.4 Å². The fraction of sp³-hybridized carbons (Fsp3) is 0.375. The molecule has 1 heterocycles. The number of carbonyl (C=O) groups excluding carboxylic acids is 5. The summed E-state index contributed by atoms with van der Waals surface area (Å²) in [6.07, 6.45) is 0.369. The van der Waals surface area contributed by atoms with Gasteiger partial charge in [-0.2, -0.15) is 0 Å². The standard InChI is InChI=1S/C32H37IN4O9S/c1-20-34-16-26(47-20)30(41)37-25(18-44-4)29(40)36-24(17-43-3)28(39)35-23(15-21-11-7-5-8-12-21)27(38)32(2,19-33)46-31(42)45-22-13-9-6-10-14-22/h5-14,16,23-25H,15,17-19H2,1-4H3,(H,35,39)(H,36,40)(H,37,41)/t23-,24-,25-,32?/m0/s1. The molecule has 2 aromatic carbocycles. The van der Waals surface area contributed by atoms with Crippen LogP contribution in [0.15, 0.2) is 66.9 Å². The molecule has 13 nitrogen and oxygen atoms in total. The van der Waals surface area contributed by atoms with Crippen LogP contribution < -0.4 is 20.7 Å². The Morgan fingerprint density at radius 3 is 1.94 bits per heavy atom. The van der Waals surface area contributed by atoms with Crippen molar-refractivity contribution in [2.24, 2.45) is 0 Å². The second-order valence-electron chi connectivity index (χ2n) is 10.5. The van der Waals surface area contributed by atoms with Gasteiger partial charge in [-0.15, -0.1) is 11.3 Å². The number of nitrogens with one attached hydrogen (secondary N) is 3. The third-order valence-electron chi connectivity index (χ3n) is 6.71. The maximum Gasteiger partial charge on any atom is 0.514 e. The van der Waals surface area contributed by atoms with E-state index in [1.165, 1.54) is 27.3 Å². The van der Waals surface area contributed by atoms with Crippen molar-refractivity contribution in [2.45, 2.75) is 44.0 Å². The third-order valence-corrected chi connectivity index (χ3v) is 9.08. The largest absolute Gasteiger partial charge is 0.514 e. The molecule has 0 saturated heterocycles. The molecule has 0 bridgehead atoms. The summed E-state index contributed by atoms with van der Waals surface area (Å²) < 4.78 is 21.2. The lowest BCUT2D eigenvalue weighted by Crippen LogP contribution is -2.60. The predicted octanol–water partition coefficient (Wildman–Crippen LogP) is 3.03. The average molecular weight is 781 g/mol. The highest BCUT2D eigenvalue weighted by molar-refractivity contribution is 14.1. The first-order valence-electron chi connectivity index (χ1n) is 14.4. The Balaban J connectivity index is 1.80. The van der Waals surface area contributed by atoms with Crippen LogP contribution in [0, 0.1) is 6.92 Å². The Labute approximate surface area is 290 Å². The molecule has 0 radical (unpaired) electrons. The number of halogens is 1. The smallest absolute Gasteiger partial charge is 0.419 e. The number of rotatable bonds is 17. The topological polar surface area (TPSA) is 171 Å². The summed E-state index contributed by atoms with van der Waals surface area (Å²) in [5.74, 6) is -2.34. The zero-order chi connectivity index (χ0) is 34.4. The van der Waals surface area contributed by atoms with Gasteiger partial charge in [-0.3, -0.25) is 19.2 Å². The van der Waals surface area contributed by atoms with E-state index in [9.17, 15) is 24.0 Å². The van der Waals surface area contributed by atoms with Crippen molar-refractivity contribution in [3.63, 3.8) is 0 Å². The van der Waals surface area contributed by atoms with Crippen LogP contribution in [0.4, 0.5) is 4.79 Å². The fourth-order valence-corrected chi connectivity index (χ4v) is 5.51. The van der Waals surface area contributed by atoms with E-state index in [1.807, 2.05) is 28.7 Å². The first kappa shape index (κ1) is 37.5. The van der Waals surface area contributed by atoms with Gasteiger partial charge in [0.1, 0.15) is 22.7 Å². The van der Waals surface area contributed by atoms with Crippen LogP contribution in [-0.4, -0.2) is 90.2 Å². The molecular weight excluding hydrogens is 743 g/mol. The monoisotopic (exact) mass is 780 g/mol. The number of thiazole rings is 1. The third kappa shape index (κ3) is 11.4. The minimum atomic E-state index is -1.69. The number of hydrogen-bond donors (Lipinski definition) is 3. The maximum absolute atomic E-state index is 14.0. The summed E-state index contributed by atoms with van der Waals surface area (Å²) in [4.78, 5) is 70.8. The number of hydrogen-bond acceptors (Lipinski definition) is 11. The number of ether oxygens (including phenoxy) is 4. The summed E-state index contributed by atoms with van der Waals surface area (Å²) in [6.45, 7) is 2.75. The SMILES string of the molecule is COC[C@H](NC(=O)c1cnc(C)s1)C(=O)N[C@@H](COC)C(=O)N[C@@H](Cc1ccccc1)C(=O)C(C)(CI)OC(=O)Oc1ccccc1. The Morgan fingerprint density at radius 1 is 0.851 bits per heavy atom. The molecule has 4 atom stereocenters. The van der Waals surface area contributed by atoms with Gasteiger partial charge in [-0.05, 0) is 38.0 Å². The van der Waals surface area contributed by atoms with E-state index in [2.05, 4.69) is 20.9 Å². The normalized spacial score (nSPS) is 14.1. The van der Waals surface area contributed by atoms with Crippen molar-refractivity contribution in [1.82, 2.24) is 20.9 Å². The number of para-hydroxylation sites is 1. The zero-order valence-corrected chi connectivity index (χ0v) is 29.3. The summed E-state index contributed by atoms with van der Waals surface area (Å²) >= 11 is 3.08. The Bertz CT molecular complexity index is 1510. The van der Waals surface area contributed by atoms with Crippen molar-refractivity contribution in [2.75, 3.05) is 31.9 Å². The molecule has 0 saturated carbocycles. The molecule has 47 heavy (non-hydrogen) atoms. The molecule has 0 spiro atoms. The van der Waals surface area contributed by atoms with Crippen LogP contribution >= 0.6 is 33.9 Å². The Hall–Kier alpha value is -3.93. The van der Waals surface area contributed by atoms with E-state index in [0.29, 0.717) is 9.88 Å². The Morgan fingerprint density at radius 2 is 1.40 bits per heavy atom. The number of ketones is 1. The molecule has 252 valence electrons. The van der Waals surface area contributed by atoms with Gasteiger partial charge >= 0.3 is 6.16 Å². The van der Waals surface area contributed by atoms with Crippen LogP contribution in [0.25, 0.3) is 0 Å². The van der Waals surface area contributed by atoms with E-state index in [-0.39, 0.29) is 29.8 Å². The van der Waals surface area contributed by atoms with Crippen molar-refractivity contribution in [1.29, 1.82) is 0 Å². The molecule has 0 aliphatic heterocycles. The number of Topliss-reactive ketones (excluding diaryl/α,β-unsaturated/α-hetero) is 1. The van der Waals surface area contributed by atoms with Gasteiger partial charge in [-0.25, -0.2) is 9.78 Å². The lowest BCUT2D eigenvalue weighted by Gasteiger charge is -2.31. The van der Waals surface area contributed by atoms with Gasteiger partial charge in [0.25, 0.3) is 5.91 Å². The molecule has 3 aromatic rings. The first-order chi connectivity index (χ1) is 22.5. The fourth-order valence-electron chi connectivity index (χ4n) is 4.30. The minimum absolute atomic E-state index is 0.0462. The van der Waals surface area contributed by atoms with Crippen LogP contribution in [0.3, 0.4) is 0 Å². The molecule has 3 rings (SSSR count). The Kier molecular flexibility index (Phi) is 14.7. The van der Waals surface area contributed by atoms with Crippen LogP contribution in [0.2, 0.25) is 0 Å². The number of alkyl halides is 1. The highest BCUT2D eigenvalue weighted by atomic mass is 127. The minimum Gasteiger partial charge on any atom is -0.419 e. The maximum atomic E-state index is 14.0. The highest BCUT2D eigenvalue weighted by Gasteiger charge is 2.43. The number of amides is 3. The molecular formula is C32H37IN4O9S. The predicted molar refractivity (Wildman–Crippen MR) is 182 cm³/mol. The zero-order valence-electron chi connectivity index (χ0n) is 26.3. The van der Waals surface area contributed by atoms with Gasteiger partial charge < -0.3 is 34.9 Å². The van der Waals surface area contributed by atoms with Gasteiger partial charge in [0, 0.05) is 18.6 Å². The lowest BCUT2D eigenvalue weighted by molar-refractivity contribution is -0.140. The molecule has 1 aromatic heterocycles. The second-order valence-corrected chi connectivity index (χ2v) is 12.5. The molecule has 3 N–H and O–H groups in total. The van der Waals surface area contributed by atoms with Gasteiger partial charge in [0.15, 0.2) is 11.4 Å². The van der Waals surface area contributed by atoms with E-state index in [1.54, 1.807) is 61.5 Å². The lowest BCUT2D eigenvalue weighted by atomic mass is 9.92. The van der Waals surface area contributed by atoms with Crippen molar-refractivity contribution in [3.8, 4) is 5.75 Å². The molecule has 15 heteroatoms. The molecule has 0 aliphatic carbocycles. The molecule has 0 aliphatic rings. The number of aromatic nitrogens is 1. The average Bonchev–Trinajstić information content (AvgIpc) is 3.50.